The standard InChI is InChI=1S/C14H14BrN3O/c1-9-7-10(3-4-11(9)15)14(19)18(2)13-5-6-17-8-12(13)16/h3-8H,16H2,1-2H3. The van der Waals surface area contributed by atoms with Crippen LogP contribution in [0.2, 0.25) is 0 Å². The van der Waals surface area contributed by atoms with Crippen LogP contribution in [0.15, 0.2) is 41.1 Å². The third-order valence-corrected chi connectivity index (χ3v) is 3.79. The van der Waals surface area contributed by atoms with E-state index in [1.807, 2.05) is 19.1 Å². The van der Waals surface area contributed by atoms with E-state index in [2.05, 4.69) is 20.9 Å². The van der Waals surface area contributed by atoms with Gasteiger partial charge < -0.3 is 10.6 Å². The van der Waals surface area contributed by atoms with Crippen LogP contribution in [-0.4, -0.2) is 17.9 Å². The number of carbonyl (C=O) groups excluding carboxylic acids is 1. The Morgan fingerprint density at radius 1 is 1.37 bits per heavy atom. The third kappa shape index (κ3) is 2.76. The van der Waals surface area contributed by atoms with Crippen LogP contribution < -0.4 is 10.6 Å². The highest BCUT2D eigenvalue weighted by Crippen LogP contribution is 2.23. The van der Waals surface area contributed by atoms with Crippen molar-refractivity contribution in [1.82, 2.24) is 4.98 Å². The number of pyridine rings is 1. The number of rotatable bonds is 2. The Hall–Kier alpha value is -1.88. The van der Waals surface area contributed by atoms with Gasteiger partial charge in [-0.15, -0.1) is 0 Å². The molecule has 1 aromatic heterocycles. The fraction of sp³-hybridized carbons (Fsp3) is 0.143. The highest BCUT2D eigenvalue weighted by molar-refractivity contribution is 9.10. The van der Waals surface area contributed by atoms with Crippen molar-refractivity contribution in [1.29, 1.82) is 0 Å². The Morgan fingerprint density at radius 2 is 2.11 bits per heavy atom. The minimum Gasteiger partial charge on any atom is -0.396 e. The second-order valence-corrected chi connectivity index (χ2v) is 5.12. The molecule has 0 spiro atoms. The van der Waals surface area contributed by atoms with E-state index in [1.165, 1.54) is 11.1 Å². The average molecular weight is 320 g/mol. The number of hydrogen-bond acceptors (Lipinski definition) is 3. The number of nitrogens with two attached hydrogens (primary N) is 1. The van der Waals surface area contributed by atoms with Gasteiger partial charge in [-0.05, 0) is 36.8 Å². The molecule has 0 unspecified atom stereocenters. The van der Waals surface area contributed by atoms with E-state index in [-0.39, 0.29) is 5.91 Å². The lowest BCUT2D eigenvalue weighted by atomic mass is 10.1. The number of nitrogens with zero attached hydrogens (tertiary/aromatic N) is 2. The van der Waals surface area contributed by atoms with E-state index in [1.54, 1.807) is 25.4 Å². The lowest BCUT2D eigenvalue weighted by molar-refractivity contribution is 0.0993. The van der Waals surface area contributed by atoms with Crippen molar-refractivity contribution in [3.63, 3.8) is 0 Å². The van der Waals surface area contributed by atoms with Crippen molar-refractivity contribution in [3.8, 4) is 0 Å². The largest absolute Gasteiger partial charge is 0.396 e. The van der Waals surface area contributed by atoms with Crippen LogP contribution in [-0.2, 0) is 0 Å². The molecule has 0 radical (unpaired) electrons. The summed E-state index contributed by atoms with van der Waals surface area (Å²) in [4.78, 5) is 17.8. The Bertz CT molecular complexity index is 628. The molecule has 0 aliphatic carbocycles. The highest BCUT2D eigenvalue weighted by Gasteiger charge is 2.16. The molecule has 0 fully saturated rings. The van der Waals surface area contributed by atoms with Gasteiger partial charge in [-0.25, -0.2) is 0 Å². The predicted octanol–water partition coefficient (Wildman–Crippen LogP) is 3.01. The molecule has 0 atom stereocenters. The van der Waals surface area contributed by atoms with Gasteiger partial charge in [0, 0.05) is 23.3 Å². The van der Waals surface area contributed by atoms with E-state index in [4.69, 9.17) is 5.73 Å². The van der Waals surface area contributed by atoms with Crippen LogP contribution in [0.3, 0.4) is 0 Å². The van der Waals surface area contributed by atoms with Gasteiger partial charge in [0.25, 0.3) is 5.91 Å². The topological polar surface area (TPSA) is 59.2 Å². The molecule has 98 valence electrons. The van der Waals surface area contributed by atoms with Gasteiger partial charge in [-0.2, -0.15) is 0 Å². The van der Waals surface area contributed by atoms with Crippen LogP contribution in [0.25, 0.3) is 0 Å². The smallest absolute Gasteiger partial charge is 0.258 e. The van der Waals surface area contributed by atoms with Crippen LogP contribution in [0.1, 0.15) is 15.9 Å². The molecule has 1 heterocycles. The van der Waals surface area contributed by atoms with E-state index in [0.29, 0.717) is 16.9 Å². The van der Waals surface area contributed by atoms with Crippen LogP contribution in [0.5, 0.6) is 0 Å². The van der Waals surface area contributed by atoms with Gasteiger partial charge in [-0.3, -0.25) is 9.78 Å². The molecule has 5 heteroatoms. The first-order valence-corrected chi connectivity index (χ1v) is 6.53. The summed E-state index contributed by atoms with van der Waals surface area (Å²) in [5.41, 5.74) is 8.60. The van der Waals surface area contributed by atoms with E-state index in [9.17, 15) is 4.79 Å². The summed E-state index contributed by atoms with van der Waals surface area (Å²) in [6, 6.07) is 7.22. The van der Waals surface area contributed by atoms with Crippen molar-refractivity contribution < 1.29 is 4.79 Å². The van der Waals surface area contributed by atoms with Crippen LogP contribution in [0, 0.1) is 6.92 Å². The van der Waals surface area contributed by atoms with Gasteiger partial charge in [0.15, 0.2) is 0 Å². The SMILES string of the molecule is Cc1cc(C(=O)N(C)c2ccncc2N)ccc1Br. The summed E-state index contributed by atoms with van der Waals surface area (Å²) in [6.07, 6.45) is 3.15. The zero-order valence-electron chi connectivity index (χ0n) is 10.7. The zero-order valence-corrected chi connectivity index (χ0v) is 12.3. The first-order valence-electron chi connectivity index (χ1n) is 5.74. The van der Waals surface area contributed by atoms with Crippen molar-refractivity contribution in [3.05, 3.63) is 52.3 Å². The van der Waals surface area contributed by atoms with Crippen molar-refractivity contribution in [2.75, 3.05) is 17.7 Å². The zero-order chi connectivity index (χ0) is 14.0. The minimum atomic E-state index is -0.103. The molecule has 2 aromatic rings. The normalized spacial score (nSPS) is 10.3. The summed E-state index contributed by atoms with van der Waals surface area (Å²) < 4.78 is 0.982. The van der Waals surface area contributed by atoms with Gasteiger partial charge >= 0.3 is 0 Å². The number of aryl methyl sites for hydroxylation is 1. The van der Waals surface area contributed by atoms with E-state index in [0.717, 1.165) is 10.0 Å². The molecule has 2 rings (SSSR count). The Morgan fingerprint density at radius 3 is 2.74 bits per heavy atom. The number of benzene rings is 1. The van der Waals surface area contributed by atoms with Gasteiger partial charge in [0.1, 0.15) is 0 Å². The maximum atomic E-state index is 12.4. The first kappa shape index (κ1) is 13.5. The van der Waals surface area contributed by atoms with Crippen molar-refractivity contribution in [2.45, 2.75) is 6.92 Å². The molecule has 1 aromatic carbocycles. The summed E-state index contributed by atoms with van der Waals surface area (Å²) in [5, 5.41) is 0. The van der Waals surface area contributed by atoms with Crippen molar-refractivity contribution in [2.24, 2.45) is 0 Å². The number of hydrogen-bond donors (Lipinski definition) is 1. The molecule has 19 heavy (non-hydrogen) atoms. The number of anilines is 2. The summed E-state index contributed by atoms with van der Waals surface area (Å²) >= 11 is 3.42. The van der Waals surface area contributed by atoms with E-state index < -0.39 is 0 Å². The molecule has 0 bridgehead atoms. The second-order valence-electron chi connectivity index (χ2n) is 4.26. The van der Waals surface area contributed by atoms with E-state index >= 15 is 0 Å². The second kappa shape index (κ2) is 5.40. The molecule has 0 aliphatic heterocycles. The first-order chi connectivity index (χ1) is 9.00. The number of carbonyl (C=O) groups is 1. The Labute approximate surface area is 120 Å². The summed E-state index contributed by atoms with van der Waals surface area (Å²) in [7, 11) is 1.70. The fourth-order valence-electron chi connectivity index (χ4n) is 1.79. The minimum absolute atomic E-state index is 0.103. The van der Waals surface area contributed by atoms with Gasteiger partial charge in [0.2, 0.25) is 0 Å². The summed E-state index contributed by atoms with van der Waals surface area (Å²) in [5.74, 6) is -0.103. The molecule has 0 saturated carbocycles. The molecule has 2 N–H and O–H groups in total. The monoisotopic (exact) mass is 319 g/mol. The number of halogens is 1. The molecule has 4 nitrogen and oxygen atoms in total. The average Bonchev–Trinajstić information content (AvgIpc) is 2.41. The highest BCUT2D eigenvalue weighted by atomic mass is 79.9. The molecular formula is C14H14BrN3O. The maximum absolute atomic E-state index is 12.4. The molecule has 1 amide bonds. The van der Waals surface area contributed by atoms with Crippen molar-refractivity contribution >= 4 is 33.2 Å². The Balaban J connectivity index is 2.34. The van der Waals surface area contributed by atoms with Crippen LogP contribution >= 0.6 is 15.9 Å². The quantitative estimate of drug-likeness (QED) is 0.925. The molecule has 0 saturated heterocycles. The maximum Gasteiger partial charge on any atom is 0.258 e. The number of aromatic nitrogens is 1. The lowest BCUT2D eigenvalue weighted by Crippen LogP contribution is -2.27. The van der Waals surface area contributed by atoms with Gasteiger partial charge in [-0.1, -0.05) is 15.9 Å². The predicted molar refractivity (Wildman–Crippen MR) is 80.3 cm³/mol. The lowest BCUT2D eigenvalue weighted by Gasteiger charge is -2.19. The summed E-state index contributed by atoms with van der Waals surface area (Å²) in [6.45, 7) is 1.95. The Kier molecular flexibility index (Phi) is 3.85. The molecule has 0 aliphatic rings. The van der Waals surface area contributed by atoms with Gasteiger partial charge in [0.05, 0.1) is 17.6 Å². The van der Waals surface area contributed by atoms with Crippen LogP contribution in [0.4, 0.5) is 11.4 Å². The number of nitrogen functional groups attached to an aromatic ring is 1. The number of amides is 1. The third-order valence-electron chi connectivity index (χ3n) is 2.90. The fourth-order valence-corrected chi connectivity index (χ4v) is 2.03. The molecular weight excluding hydrogens is 306 g/mol.